The molecule has 15 heavy (non-hydrogen) atoms. The molecular formula is C12H14O3. The Hall–Kier alpha value is -1.51. The van der Waals surface area contributed by atoms with Gasteiger partial charge in [0.25, 0.3) is 0 Å². The van der Waals surface area contributed by atoms with Gasteiger partial charge in [0.2, 0.25) is 0 Å². The Labute approximate surface area is 88.4 Å². The van der Waals surface area contributed by atoms with Gasteiger partial charge >= 0.3 is 5.97 Å². The number of aromatic hydroxyl groups is 1. The third-order valence-corrected chi connectivity index (χ3v) is 3.14. The smallest absolute Gasteiger partial charge is 0.311 e. The minimum atomic E-state index is -0.759. The molecule has 1 aromatic carbocycles. The van der Waals surface area contributed by atoms with Crippen LogP contribution < -0.4 is 0 Å². The predicted octanol–water partition coefficient (Wildman–Crippen LogP) is 2.36. The van der Waals surface area contributed by atoms with Crippen molar-refractivity contribution in [3.05, 3.63) is 29.8 Å². The number of hydrogen-bond donors (Lipinski definition) is 2. The second-order valence-electron chi connectivity index (χ2n) is 4.10. The molecule has 2 rings (SSSR count). The fraction of sp³-hybridized carbons (Fsp3) is 0.417. The zero-order valence-electron chi connectivity index (χ0n) is 8.39. The van der Waals surface area contributed by atoms with Crippen LogP contribution in [0.5, 0.6) is 5.75 Å². The van der Waals surface area contributed by atoms with E-state index in [9.17, 15) is 4.79 Å². The minimum Gasteiger partial charge on any atom is -0.508 e. The lowest BCUT2D eigenvalue weighted by Crippen LogP contribution is -2.26. The number of carboxylic acids is 1. The summed E-state index contributed by atoms with van der Waals surface area (Å²) in [5, 5.41) is 18.3. The number of phenols is 1. The van der Waals surface area contributed by atoms with Crippen molar-refractivity contribution in [3.63, 3.8) is 0 Å². The van der Waals surface area contributed by atoms with E-state index in [1.54, 1.807) is 24.3 Å². The van der Waals surface area contributed by atoms with E-state index < -0.39 is 11.9 Å². The van der Waals surface area contributed by atoms with Gasteiger partial charge in [-0.25, -0.2) is 0 Å². The molecule has 1 unspecified atom stereocenters. The molecule has 0 heterocycles. The number of benzene rings is 1. The van der Waals surface area contributed by atoms with Gasteiger partial charge in [-0.15, -0.1) is 0 Å². The van der Waals surface area contributed by atoms with Crippen molar-refractivity contribution in [1.29, 1.82) is 0 Å². The van der Waals surface area contributed by atoms with Crippen molar-refractivity contribution < 1.29 is 15.0 Å². The molecule has 0 saturated heterocycles. The maximum Gasteiger partial charge on any atom is 0.311 e. The van der Waals surface area contributed by atoms with E-state index in [1.807, 2.05) is 0 Å². The van der Waals surface area contributed by atoms with Crippen molar-refractivity contribution >= 4 is 5.97 Å². The highest BCUT2D eigenvalue weighted by Gasteiger charge is 2.33. The van der Waals surface area contributed by atoms with Crippen LogP contribution in [-0.2, 0) is 4.79 Å². The quantitative estimate of drug-likeness (QED) is 0.798. The van der Waals surface area contributed by atoms with Gasteiger partial charge in [-0.05, 0) is 36.5 Å². The van der Waals surface area contributed by atoms with Gasteiger partial charge in [-0.2, -0.15) is 0 Å². The van der Waals surface area contributed by atoms with Gasteiger partial charge in [0, 0.05) is 0 Å². The van der Waals surface area contributed by atoms with Gasteiger partial charge in [0.15, 0.2) is 0 Å². The second kappa shape index (κ2) is 3.93. The summed E-state index contributed by atoms with van der Waals surface area (Å²) >= 11 is 0. The average molecular weight is 206 g/mol. The third kappa shape index (κ3) is 1.96. The molecule has 3 heteroatoms. The van der Waals surface area contributed by atoms with E-state index in [4.69, 9.17) is 10.2 Å². The number of carbonyl (C=O) groups is 1. The minimum absolute atomic E-state index is 0.177. The van der Waals surface area contributed by atoms with Crippen molar-refractivity contribution in [2.24, 2.45) is 5.92 Å². The van der Waals surface area contributed by atoms with Crippen LogP contribution in [0, 0.1) is 5.92 Å². The van der Waals surface area contributed by atoms with Gasteiger partial charge < -0.3 is 10.2 Å². The first-order valence-corrected chi connectivity index (χ1v) is 5.20. The first-order valence-electron chi connectivity index (χ1n) is 5.20. The van der Waals surface area contributed by atoms with Crippen LogP contribution in [0.3, 0.4) is 0 Å². The number of rotatable bonds is 3. The summed E-state index contributed by atoms with van der Waals surface area (Å²) in [6.45, 7) is 0. The predicted molar refractivity (Wildman–Crippen MR) is 55.8 cm³/mol. The summed E-state index contributed by atoms with van der Waals surface area (Å²) in [6.07, 6.45) is 3.13. The molecule has 3 nitrogen and oxygen atoms in total. The standard InChI is InChI=1S/C12H14O3/c13-10-6-4-9(5-7-10)11(12(14)15)8-2-1-3-8/h4-8,11,13H,1-3H2,(H,14,15). The number of hydrogen-bond acceptors (Lipinski definition) is 2. The van der Waals surface area contributed by atoms with Crippen LogP contribution >= 0.6 is 0 Å². The van der Waals surface area contributed by atoms with E-state index >= 15 is 0 Å². The molecular weight excluding hydrogens is 192 g/mol. The zero-order valence-corrected chi connectivity index (χ0v) is 8.39. The summed E-state index contributed by atoms with van der Waals surface area (Å²) in [5.74, 6) is -0.715. The molecule has 0 aromatic heterocycles. The Balaban J connectivity index is 2.23. The monoisotopic (exact) mass is 206 g/mol. The largest absolute Gasteiger partial charge is 0.508 e. The van der Waals surface area contributed by atoms with E-state index in [2.05, 4.69) is 0 Å². The van der Waals surface area contributed by atoms with Gasteiger partial charge in [-0.3, -0.25) is 4.79 Å². The molecule has 1 fully saturated rings. The molecule has 0 bridgehead atoms. The molecule has 1 aliphatic carbocycles. The summed E-state index contributed by atoms with van der Waals surface area (Å²) in [4.78, 5) is 11.2. The Morgan fingerprint density at radius 3 is 2.27 bits per heavy atom. The zero-order chi connectivity index (χ0) is 10.8. The van der Waals surface area contributed by atoms with Gasteiger partial charge in [0.1, 0.15) is 5.75 Å². The lowest BCUT2D eigenvalue weighted by atomic mass is 9.73. The maximum atomic E-state index is 11.2. The average Bonchev–Trinajstić information content (AvgIpc) is 2.12. The SMILES string of the molecule is O=C(O)C(c1ccc(O)cc1)C1CCC1. The molecule has 1 saturated carbocycles. The van der Waals surface area contributed by atoms with E-state index in [-0.39, 0.29) is 11.7 Å². The molecule has 80 valence electrons. The Bertz CT molecular complexity index is 352. The van der Waals surface area contributed by atoms with E-state index in [1.165, 1.54) is 0 Å². The summed E-state index contributed by atoms with van der Waals surface area (Å²) in [6, 6.07) is 6.49. The molecule has 1 aromatic rings. The van der Waals surface area contributed by atoms with E-state index in [0.717, 1.165) is 24.8 Å². The molecule has 0 amide bonds. The lowest BCUT2D eigenvalue weighted by Gasteiger charge is -2.31. The number of carboxylic acid groups (broad SMARTS) is 1. The van der Waals surface area contributed by atoms with Crippen molar-refractivity contribution in [2.75, 3.05) is 0 Å². The topological polar surface area (TPSA) is 57.5 Å². The highest BCUT2D eigenvalue weighted by Crippen LogP contribution is 2.39. The Kier molecular flexibility index (Phi) is 2.62. The second-order valence-corrected chi connectivity index (χ2v) is 4.10. The third-order valence-electron chi connectivity index (χ3n) is 3.14. The highest BCUT2D eigenvalue weighted by atomic mass is 16.4. The van der Waals surface area contributed by atoms with Gasteiger partial charge in [-0.1, -0.05) is 18.6 Å². The Morgan fingerprint density at radius 1 is 1.27 bits per heavy atom. The van der Waals surface area contributed by atoms with Crippen LogP contribution in [0.2, 0.25) is 0 Å². The number of phenolic OH excluding ortho intramolecular Hbond substituents is 1. The fourth-order valence-corrected chi connectivity index (χ4v) is 2.07. The molecule has 0 radical (unpaired) electrons. The first kappa shape index (κ1) is 10.0. The van der Waals surface area contributed by atoms with E-state index in [0.29, 0.717) is 0 Å². The Morgan fingerprint density at radius 2 is 1.87 bits per heavy atom. The first-order chi connectivity index (χ1) is 7.18. The highest BCUT2D eigenvalue weighted by molar-refractivity contribution is 5.76. The molecule has 1 atom stereocenters. The van der Waals surface area contributed by atoms with Gasteiger partial charge in [0.05, 0.1) is 5.92 Å². The fourth-order valence-electron chi connectivity index (χ4n) is 2.07. The molecule has 0 aliphatic heterocycles. The van der Waals surface area contributed by atoms with Crippen molar-refractivity contribution in [1.82, 2.24) is 0 Å². The summed E-state index contributed by atoms with van der Waals surface area (Å²) in [5.41, 5.74) is 0.796. The van der Waals surface area contributed by atoms with Crippen LogP contribution in [0.4, 0.5) is 0 Å². The molecule has 2 N–H and O–H groups in total. The summed E-state index contributed by atoms with van der Waals surface area (Å²) in [7, 11) is 0. The van der Waals surface area contributed by atoms with Crippen LogP contribution in [-0.4, -0.2) is 16.2 Å². The maximum absolute atomic E-state index is 11.2. The van der Waals surface area contributed by atoms with Crippen molar-refractivity contribution in [3.8, 4) is 5.75 Å². The van der Waals surface area contributed by atoms with Crippen LogP contribution in [0.15, 0.2) is 24.3 Å². The van der Waals surface area contributed by atoms with Crippen molar-refractivity contribution in [2.45, 2.75) is 25.2 Å². The van der Waals surface area contributed by atoms with Crippen LogP contribution in [0.1, 0.15) is 30.7 Å². The summed E-state index contributed by atoms with van der Waals surface area (Å²) < 4.78 is 0. The molecule has 0 spiro atoms. The van der Waals surface area contributed by atoms with Crippen LogP contribution in [0.25, 0.3) is 0 Å². The normalized spacial score (nSPS) is 18.1. The molecule has 1 aliphatic rings. The number of aliphatic carboxylic acids is 1. The lowest BCUT2D eigenvalue weighted by molar-refractivity contribution is -0.141.